The standard InChI is InChI=1S/C14H20N2O4/c1-10(9-20-2)7-15-14(19)16-8-11-3-5-12(6-4-11)13(17)18/h3-6,10H,7-9H2,1-2H3,(H,17,18)(H2,15,16,19). The van der Waals surface area contributed by atoms with Gasteiger partial charge in [-0.2, -0.15) is 0 Å². The number of amides is 2. The van der Waals surface area contributed by atoms with Crippen LogP contribution in [0, 0.1) is 5.92 Å². The molecule has 0 aliphatic carbocycles. The summed E-state index contributed by atoms with van der Waals surface area (Å²) in [5.41, 5.74) is 1.07. The Hall–Kier alpha value is -2.08. The first-order valence-corrected chi connectivity index (χ1v) is 6.35. The van der Waals surface area contributed by atoms with Crippen LogP contribution in [-0.4, -0.2) is 37.4 Å². The molecule has 1 rings (SSSR count). The summed E-state index contributed by atoms with van der Waals surface area (Å²) >= 11 is 0. The average Bonchev–Trinajstić information content (AvgIpc) is 2.43. The first-order valence-electron chi connectivity index (χ1n) is 6.35. The van der Waals surface area contributed by atoms with Crippen LogP contribution in [0.15, 0.2) is 24.3 Å². The number of nitrogens with one attached hydrogen (secondary N) is 2. The maximum atomic E-state index is 11.5. The normalized spacial score (nSPS) is 11.7. The molecule has 0 bridgehead atoms. The van der Waals surface area contributed by atoms with Crippen molar-refractivity contribution in [3.8, 4) is 0 Å². The SMILES string of the molecule is COCC(C)CNC(=O)NCc1ccc(C(=O)O)cc1. The minimum Gasteiger partial charge on any atom is -0.478 e. The zero-order chi connectivity index (χ0) is 15.0. The van der Waals surface area contributed by atoms with Crippen molar-refractivity contribution < 1.29 is 19.4 Å². The van der Waals surface area contributed by atoms with Gasteiger partial charge in [0.25, 0.3) is 0 Å². The number of carboxylic acids is 1. The van der Waals surface area contributed by atoms with Crippen molar-refractivity contribution in [3.63, 3.8) is 0 Å². The molecule has 3 N–H and O–H groups in total. The van der Waals surface area contributed by atoms with E-state index in [1.165, 1.54) is 12.1 Å². The molecule has 6 nitrogen and oxygen atoms in total. The predicted octanol–water partition coefficient (Wildman–Crippen LogP) is 1.47. The van der Waals surface area contributed by atoms with Crippen molar-refractivity contribution in [2.24, 2.45) is 5.92 Å². The first kappa shape index (κ1) is 16.0. The summed E-state index contributed by atoms with van der Waals surface area (Å²) in [4.78, 5) is 22.2. The van der Waals surface area contributed by atoms with Crippen LogP contribution in [0.1, 0.15) is 22.8 Å². The van der Waals surface area contributed by atoms with Gasteiger partial charge in [-0.15, -0.1) is 0 Å². The largest absolute Gasteiger partial charge is 0.478 e. The van der Waals surface area contributed by atoms with E-state index in [0.29, 0.717) is 19.7 Å². The van der Waals surface area contributed by atoms with Crippen molar-refractivity contribution in [3.05, 3.63) is 35.4 Å². The van der Waals surface area contributed by atoms with E-state index in [0.717, 1.165) is 5.56 Å². The first-order chi connectivity index (χ1) is 9.52. The Morgan fingerprint density at radius 3 is 2.45 bits per heavy atom. The Morgan fingerprint density at radius 1 is 1.25 bits per heavy atom. The van der Waals surface area contributed by atoms with Gasteiger partial charge in [0.1, 0.15) is 0 Å². The number of benzene rings is 1. The third kappa shape index (κ3) is 5.71. The van der Waals surface area contributed by atoms with Gasteiger partial charge in [0, 0.05) is 20.2 Å². The van der Waals surface area contributed by atoms with Crippen LogP contribution in [0.2, 0.25) is 0 Å². The van der Waals surface area contributed by atoms with Gasteiger partial charge in [0.2, 0.25) is 0 Å². The molecule has 110 valence electrons. The number of aromatic carboxylic acids is 1. The Bertz CT molecular complexity index is 445. The topological polar surface area (TPSA) is 87.7 Å². The van der Waals surface area contributed by atoms with Gasteiger partial charge in [-0.3, -0.25) is 0 Å². The number of methoxy groups -OCH3 is 1. The van der Waals surface area contributed by atoms with Crippen LogP contribution in [0.5, 0.6) is 0 Å². The van der Waals surface area contributed by atoms with Crippen molar-refractivity contribution in [2.75, 3.05) is 20.3 Å². The highest BCUT2D eigenvalue weighted by Crippen LogP contribution is 2.04. The second kappa shape index (κ2) is 8.16. The maximum absolute atomic E-state index is 11.5. The fourth-order valence-electron chi connectivity index (χ4n) is 1.62. The van der Waals surface area contributed by atoms with Crippen LogP contribution in [-0.2, 0) is 11.3 Å². The quantitative estimate of drug-likeness (QED) is 0.705. The van der Waals surface area contributed by atoms with Gasteiger partial charge >= 0.3 is 12.0 Å². The fraction of sp³-hybridized carbons (Fsp3) is 0.429. The summed E-state index contributed by atoms with van der Waals surface area (Å²) in [5.74, 6) is -0.713. The molecule has 20 heavy (non-hydrogen) atoms. The molecule has 0 aliphatic rings. The van der Waals surface area contributed by atoms with Gasteiger partial charge in [0.15, 0.2) is 0 Å². The molecule has 0 spiro atoms. The lowest BCUT2D eigenvalue weighted by molar-refractivity contribution is 0.0697. The Morgan fingerprint density at radius 2 is 1.90 bits per heavy atom. The third-order valence-electron chi connectivity index (χ3n) is 2.72. The lowest BCUT2D eigenvalue weighted by Crippen LogP contribution is -2.38. The number of urea groups is 1. The van der Waals surface area contributed by atoms with E-state index in [-0.39, 0.29) is 17.5 Å². The lowest BCUT2D eigenvalue weighted by Gasteiger charge is -2.12. The lowest BCUT2D eigenvalue weighted by atomic mass is 10.1. The average molecular weight is 280 g/mol. The van der Waals surface area contributed by atoms with Gasteiger partial charge in [0.05, 0.1) is 12.2 Å². The van der Waals surface area contributed by atoms with Crippen LogP contribution < -0.4 is 10.6 Å². The van der Waals surface area contributed by atoms with Crippen molar-refractivity contribution in [1.29, 1.82) is 0 Å². The highest BCUT2D eigenvalue weighted by molar-refractivity contribution is 5.87. The zero-order valence-electron chi connectivity index (χ0n) is 11.7. The number of carboxylic acid groups (broad SMARTS) is 1. The molecule has 1 aromatic rings. The van der Waals surface area contributed by atoms with E-state index >= 15 is 0 Å². The van der Waals surface area contributed by atoms with Crippen molar-refractivity contribution >= 4 is 12.0 Å². The van der Waals surface area contributed by atoms with Gasteiger partial charge in [-0.1, -0.05) is 19.1 Å². The Balaban J connectivity index is 2.32. The zero-order valence-corrected chi connectivity index (χ0v) is 11.7. The van der Waals surface area contributed by atoms with Crippen LogP contribution in [0.3, 0.4) is 0 Å². The van der Waals surface area contributed by atoms with Gasteiger partial charge in [-0.05, 0) is 23.6 Å². The Kier molecular flexibility index (Phi) is 6.52. The fourth-order valence-corrected chi connectivity index (χ4v) is 1.62. The second-order valence-electron chi connectivity index (χ2n) is 4.63. The van der Waals surface area contributed by atoms with Gasteiger partial charge < -0.3 is 20.5 Å². The summed E-state index contributed by atoms with van der Waals surface area (Å²) in [5, 5.41) is 14.2. The number of hydrogen-bond donors (Lipinski definition) is 3. The number of rotatable bonds is 7. The van der Waals surface area contributed by atoms with E-state index < -0.39 is 5.97 Å². The molecule has 1 atom stereocenters. The molecule has 0 radical (unpaired) electrons. The van der Waals surface area contributed by atoms with E-state index in [1.807, 2.05) is 6.92 Å². The molecule has 0 aromatic heterocycles. The molecule has 0 fully saturated rings. The summed E-state index contributed by atoms with van der Waals surface area (Å²) < 4.78 is 4.98. The van der Waals surface area contributed by atoms with E-state index in [1.54, 1.807) is 19.2 Å². The summed E-state index contributed by atoms with van der Waals surface area (Å²) in [7, 11) is 1.62. The monoisotopic (exact) mass is 280 g/mol. The summed E-state index contributed by atoms with van der Waals surface area (Å²) in [6.07, 6.45) is 0. The smallest absolute Gasteiger partial charge is 0.335 e. The van der Waals surface area contributed by atoms with E-state index in [4.69, 9.17) is 9.84 Å². The molecule has 1 aromatic carbocycles. The maximum Gasteiger partial charge on any atom is 0.335 e. The van der Waals surface area contributed by atoms with Crippen LogP contribution in [0.25, 0.3) is 0 Å². The number of ether oxygens (including phenoxy) is 1. The van der Waals surface area contributed by atoms with Crippen LogP contribution >= 0.6 is 0 Å². The minimum absolute atomic E-state index is 0.228. The summed E-state index contributed by atoms with van der Waals surface area (Å²) in [6.45, 7) is 3.47. The molecular weight excluding hydrogens is 260 g/mol. The number of carbonyl (C=O) groups excluding carboxylic acids is 1. The van der Waals surface area contributed by atoms with Crippen molar-refractivity contribution in [1.82, 2.24) is 10.6 Å². The highest BCUT2D eigenvalue weighted by Gasteiger charge is 2.05. The molecule has 1 unspecified atom stereocenters. The van der Waals surface area contributed by atoms with E-state index in [9.17, 15) is 9.59 Å². The minimum atomic E-state index is -0.964. The molecular formula is C14H20N2O4. The highest BCUT2D eigenvalue weighted by atomic mass is 16.5. The van der Waals surface area contributed by atoms with E-state index in [2.05, 4.69) is 10.6 Å². The molecule has 0 saturated carbocycles. The number of carbonyl (C=O) groups is 2. The predicted molar refractivity (Wildman–Crippen MR) is 74.7 cm³/mol. The van der Waals surface area contributed by atoms with Crippen LogP contribution in [0.4, 0.5) is 4.79 Å². The molecule has 0 saturated heterocycles. The number of hydrogen-bond acceptors (Lipinski definition) is 3. The molecule has 0 aliphatic heterocycles. The third-order valence-corrected chi connectivity index (χ3v) is 2.72. The van der Waals surface area contributed by atoms with Crippen molar-refractivity contribution in [2.45, 2.75) is 13.5 Å². The van der Waals surface area contributed by atoms with Gasteiger partial charge in [-0.25, -0.2) is 9.59 Å². The summed E-state index contributed by atoms with van der Waals surface area (Å²) in [6, 6.07) is 6.12. The second-order valence-corrected chi connectivity index (χ2v) is 4.63. The Labute approximate surface area is 118 Å². The molecule has 0 heterocycles. The molecule has 2 amide bonds. The molecule has 6 heteroatoms.